The fourth-order valence-corrected chi connectivity index (χ4v) is 1.17. The predicted octanol–water partition coefficient (Wildman–Crippen LogP) is 1.21. The predicted molar refractivity (Wildman–Crippen MR) is 51.2 cm³/mol. The monoisotopic (exact) mass is 202 g/mol. The molecular formula is C8H14N2O2S. The van der Waals surface area contributed by atoms with Crippen molar-refractivity contribution in [3.8, 4) is 0 Å². The van der Waals surface area contributed by atoms with Crippen LogP contribution in [0.5, 0.6) is 0 Å². The third-order valence-corrected chi connectivity index (χ3v) is 1.96. The zero-order valence-corrected chi connectivity index (χ0v) is 9.09. The third-order valence-electron chi connectivity index (χ3n) is 1.10. The van der Waals surface area contributed by atoms with Crippen molar-refractivity contribution >= 4 is 9.84 Å². The molecular weight excluding hydrogens is 188 g/mol. The van der Waals surface area contributed by atoms with Crippen LogP contribution in [0.3, 0.4) is 0 Å². The molecule has 0 amide bonds. The minimum Gasteiger partial charge on any atom is -0.227 e. The molecule has 1 rings (SSSR count). The van der Waals surface area contributed by atoms with Crippen LogP contribution in [0.2, 0.25) is 0 Å². The van der Waals surface area contributed by atoms with E-state index in [2.05, 4.69) is 9.97 Å². The molecule has 4 nitrogen and oxygen atoms in total. The molecule has 1 aromatic heterocycles. The molecule has 0 N–H and O–H groups in total. The number of rotatable bonds is 1. The number of nitrogens with zero attached hydrogens (tertiary/aromatic N) is 2. The smallest absolute Gasteiger partial charge is 0.227 e. The van der Waals surface area contributed by atoms with E-state index in [9.17, 15) is 8.42 Å². The SMILES string of the molecule is CC.Cc1ccnc(S(C)(=O)=O)n1. The van der Waals surface area contributed by atoms with Crippen molar-refractivity contribution in [2.24, 2.45) is 0 Å². The summed E-state index contributed by atoms with van der Waals surface area (Å²) in [4.78, 5) is 7.36. The molecule has 0 fully saturated rings. The molecule has 0 spiro atoms. The molecule has 13 heavy (non-hydrogen) atoms. The van der Waals surface area contributed by atoms with Crippen LogP contribution in [0.4, 0.5) is 0 Å². The van der Waals surface area contributed by atoms with Gasteiger partial charge in [0, 0.05) is 18.1 Å². The summed E-state index contributed by atoms with van der Waals surface area (Å²) in [5.74, 6) is 0. The minimum absolute atomic E-state index is 0.113. The van der Waals surface area contributed by atoms with Gasteiger partial charge in [0.05, 0.1) is 0 Å². The number of hydrogen-bond acceptors (Lipinski definition) is 4. The molecule has 5 heteroatoms. The average molecular weight is 202 g/mol. The zero-order valence-electron chi connectivity index (χ0n) is 8.27. The lowest BCUT2D eigenvalue weighted by Gasteiger charge is -1.95. The second-order valence-corrected chi connectivity index (χ2v) is 4.16. The van der Waals surface area contributed by atoms with Gasteiger partial charge in [0.25, 0.3) is 0 Å². The Hall–Kier alpha value is -0.970. The first-order valence-corrected chi connectivity index (χ1v) is 5.89. The van der Waals surface area contributed by atoms with Crippen LogP contribution in [0.25, 0.3) is 0 Å². The lowest BCUT2D eigenvalue weighted by molar-refractivity contribution is 0.592. The summed E-state index contributed by atoms with van der Waals surface area (Å²) in [5.41, 5.74) is 0.653. The Kier molecular flexibility index (Phi) is 4.55. The second kappa shape index (κ2) is 4.91. The van der Waals surface area contributed by atoms with Crippen LogP contribution < -0.4 is 0 Å². The van der Waals surface area contributed by atoms with Gasteiger partial charge in [-0.05, 0) is 13.0 Å². The number of sulfone groups is 1. The summed E-state index contributed by atoms with van der Waals surface area (Å²) in [6.45, 7) is 5.72. The van der Waals surface area contributed by atoms with Crippen molar-refractivity contribution in [2.75, 3.05) is 6.26 Å². The summed E-state index contributed by atoms with van der Waals surface area (Å²) in [5, 5.41) is -0.113. The van der Waals surface area contributed by atoms with Gasteiger partial charge in [-0.3, -0.25) is 0 Å². The molecule has 1 heterocycles. The standard InChI is InChI=1S/C6H8N2O2S.C2H6/c1-5-3-4-7-6(8-5)11(2,9)10;1-2/h3-4H,1-2H3;1-2H3. The Morgan fingerprint density at radius 2 is 1.85 bits per heavy atom. The van der Waals surface area contributed by atoms with E-state index in [0.29, 0.717) is 5.69 Å². The lowest BCUT2D eigenvalue weighted by Crippen LogP contribution is -2.03. The highest BCUT2D eigenvalue weighted by Crippen LogP contribution is 2.00. The Labute approximate surface area is 79.0 Å². The fourth-order valence-electron chi connectivity index (χ4n) is 0.605. The normalized spacial score (nSPS) is 10.2. The van der Waals surface area contributed by atoms with Crippen molar-refractivity contribution in [3.05, 3.63) is 18.0 Å². The Morgan fingerprint density at radius 1 is 1.31 bits per heavy atom. The van der Waals surface area contributed by atoms with E-state index in [1.807, 2.05) is 13.8 Å². The van der Waals surface area contributed by atoms with Gasteiger partial charge in [-0.15, -0.1) is 0 Å². The molecule has 0 saturated carbocycles. The van der Waals surface area contributed by atoms with Gasteiger partial charge in [-0.25, -0.2) is 18.4 Å². The molecule has 0 aliphatic heterocycles. The first-order valence-electron chi connectivity index (χ1n) is 4.00. The van der Waals surface area contributed by atoms with Crippen LogP contribution in [0.15, 0.2) is 17.4 Å². The summed E-state index contributed by atoms with van der Waals surface area (Å²) in [6, 6.07) is 1.65. The van der Waals surface area contributed by atoms with Gasteiger partial charge in [0.1, 0.15) is 0 Å². The molecule has 0 radical (unpaired) electrons. The van der Waals surface area contributed by atoms with Crippen molar-refractivity contribution in [1.82, 2.24) is 9.97 Å². The first kappa shape index (κ1) is 12.0. The van der Waals surface area contributed by atoms with Crippen molar-refractivity contribution in [1.29, 1.82) is 0 Å². The molecule has 0 atom stereocenters. The molecule has 0 unspecified atom stereocenters. The van der Waals surface area contributed by atoms with Gasteiger partial charge in [-0.1, -0.05) is 13.8 Å². The van der Waals surface area contributed by atoms with E-state index < -0.39 is 9.84 Å². The van der Waals surface area contributed by atoms with E-state index in [-0.39, 0.29) is 5.16 Å². The molecule has 74 valence electrons. The maximum absolute atomic E-state index is 10.9. The van der Waals surface area contributed by atoms with Crippen LogP contribution in [0, 0.1) is 6.92 Å². The Morgan fingerprint density at radius 3 is 2.15 bits per heavy atom. The van der Waals surface area contributed by atoms with Gasteiger partial charge >= 0.3 is 0 Å². The third kappa shape index (κ3) is 3.98. The fraction of sp³-hybridized carbons (Fsp3) is 0.500. The Balaban J connectivity index is 0.000000671. The second-order valence-electron chi connectivity index (χ2n) is 2.25. The van der Waals surface area contributed by atoms with Crippen molar-refractivity contribution in [2.45, 2.75) is 25.9 Å². The largest absolute Gasteiger partial charge is 0.246 e. The number of aromatic nitrogens is 2. The molecule has 1 aromatic rings. The molecule has 0 aromatic carbocycles. The van der Waals surface area contributed by atoms with E-state index in [4.69, 9.17) is 0 Å². The number of hydrogen-bond donors (Lipinski definition) is 0. The number of aryl methyl sites for hydroxylation is 1. The summed E-state index contributed by atoms with van der Waals surface area (Å²) >= 11 is 0. The van der Waals surface area contributed by atoms with E-state index >= 15 is 0 Å². The Bertz CT molecular complexity index is 360. The topological polar surface area (TPSA) is 59.9 Å². The van der Waals surface area contributed by atoms with Crippen molar-refractivity contribution in [3.63, 3.8) is 0 Å². The van der Waals surface area contributed by atoms with Gasteiger partial charge in [0.2, 0.25) is 15.0 Å². The van der Waals surface area contributed by atoms with Crippen LogP contribution in [-0.2, 0) is 9.84 Å². The summed E-state index contributed by atoms with van der Waals surface area (Å²) in [6.07, 6.45) is 2.51. The van der Waals surface area contributed by atoms with Gasteiger partial charge in [0.15, 0.2) is 0 Å². The maximum atomic E-state index is 10.9. The zero-order chi connectivity index (χ0) is 10.5. The first-order chi connectivity index (χ1) is 6.00. The summed E-state index contributed by atoms with van der Waals surface area (Å²) in [7, 11) is -3.25. The van der Waals surface area contributed by atoms with Crippen molar-refractivity contribution < 1.29 is 8.42 Å². The molecule has 0 aliphatic carbocycles. The molecule has 0 bridgehead atoms. The average Bonchev–Trinajstić information content (AvgIpc) is 2.06. The quantitative estimate of drug-likeness (QED) is 0.642. The molecule has 0 saturated heterocycles. The highest BCUT2D eigenvalue weighted by molar-refractivity contribution is 7.90. The maximum Gasteiger partial charge on any atom is 0.246 e. The van der Waals surface area contributed by atoms with Crippen LogP contribution in [0.1, 0.15) is 19.5 Å². The van der Waals surface area contributed by atoms with E-state index in [1.165, 1.54) is 6.20 Å². The van der Waals surface area contributed by atoms with Gasteiger partial charge in [-0.2, -0.15) is 0 Å². The lowest BCUT2D eigenvalue weighted by atomic mass is 10.5. The highest BCUT2D eigenvalue weighted by Gasteiger charge is 2.09. The van der Waals surface area contributed by atoms with E-state index in [0.717, 1.165) is 6.26 Å². The van der Waals surface area contributed by atoms with Gasteiger partial charge < -0.3 is 0 Å². The summed E-state index contributed by atoms with van der Waals surface area (Å²) < 4.78 is 21.7. The van der Waals surface area contributed by atoms with Crippen LogP contribution >= 0.6 is 0 Å². The van der Waals surface area contributed by atoms with E-state index in [1.54, 1.807) is 13.0 Å². The highest BCUT2D eigenvalue weighted by atomic mass is 32.2. The van der Waals surface area contributed by atoms with Crippen LogP contribution in [-0.4, -0.2) is 24.6 Å². The molecule has 0 aliphatic rings. The minimum atomic E-state index is -3.25.